The van der Waals surface area contributed by atoms with Crippen LogP contribution in [0.2, 0.25) is 0 Å². The van der Waals surface area contributed by atoms with Gasteiger partial charge < -0.3 is 14.8 Å². The number of anilines is 1. The topological polar surface area (TPSA) is 80.8 Å². The van der Waals surface area contributed by atoms with E-state index in [1.807, 2.05) is 28.5 Å². The highest BCUT2D eigenvalue weighted by Crippen LogP contribution is 2.37. The number of benzene rings is 1. The van der Waals surface area contributed by atoms with Crippen molar-refractivity contribution in [3.05, 3.63) is 23.6 Å². The van der Waals surface area contributed by atoms with Gasteiger partial charge in [0.1, 0.15) is 13.2 Å². The summed E-state index contributed by atoms with van der Waals surface area (Å²) >= 11 is 6.86. The fourth-order valence-corrected chi connectivity index (χ4v) is 6.76. The zero-order chi connectivity index (χ0) is 17.9. The lowest BCUT2D eigenvalue weighted by Crippen LogP contribution is -2.36. The van der Waals surface area contributed by atoms with E-state index >= 15 is 0 Å². The molecular formula is C16H15N3O4S3. The maximum Gasteiger partial charge on any atom is 0.192 e. The van der Waals surface area contributed by atoms with E-state index in [4.69, 9.17) is 26.7 Å². The number of sulfone groups is 1. The molecule has 3 aliphatic heterocycles. The summed E-state index contributed by atoms with van der Waals surface area (Å²) < 4.78 is 35.1. The van der Waals surface area contributed by atoms with Crippen LogP contribution in [-0.4, -0.2) is 55.3 Å². The molecule has 1 N–H and O–H groups in total. The maximum absolute atomic E-state index is 11.9. The van der Waals surface area contributed by atoms with Gasteiger partial charge in [-0.05, 0) is 30.4 Å². The van der Waals surface area contributed by atoms with E-state index in [1.54, 1.807) is 0 Å². The molecule has 0 saturated carbocycles. The van der Waals surface area contributed by atoms with Crippen LogP contribution in [0.4, 0.5) is 5.13 Å². The molecule has 0 bridgehead atoms. The van der Waals surface area contributed by atoms with Crippen molar-refractivity contribution in [3.63, 3.8) is 0 Å². The largest absolute Gasteiger partial charge is 0.486 e. The maximum atomic E-state index is 11.9. The van der Waals surface area contributed by atoms with Crippen LogP contribution in [0.5, 0.6) is 11.5 Å². The number of hydrogen-bond acceptors (Lipinski definition) is 7. The Balaban J connectivity index is 1.46. The smallest absolute Gasteiger partial charge is 0.192 e. The molecule has 4 heterocycles. The van der Waals surface area contributed by atoms with E-state index in [0.717, 1.165) is 17.0 Å². The number of thiazole rings is 1. The van der Waals surface area contributed by atoms with Crippen LogP contribution >= 0.6 is 23.6 Å². The average molecular weight is 410 g/mol. The van der Waals surface area contributed by atoms with E-state index in [2.05, 4.69) is 5.32 Å². The third kappa shape index (κ3) is 2.63. The molecule has 0 amide bonds. The Morgan fingerprint density at radius 2 is 2.04 bits per heavy atom. The van der Waals surface area contributed by atoms with Crippen molar-refractivity contribution in [1.82, 2.24) is 10.3 Å². The summed E-state index contributed by atoms with van der Waals surface area (Å²) in [6, 6.07) is 5.39. The molecule has 1 aromatic heterocycles. The van der Waals surface area contributed by atoms with E-state index in [-0.39, 0.29) is 23.6 Å². The lowest BCUT2D eigenvalue weighted by Gasteiger charge is -2.20. The van der Waals surface area contributed by atoms with Gasteiger partial charge in [-0.3, -0.25) is 4.90 Å². The van der Waals surface area contributed by atoms with Crippen LogP contribution in [0.3, 0.4) is 0 Å². The first-order valence-electron chi connectivity index (χ1n) is 8.16. The summed E-state index contributed by atoms with van der Waals surface area (Å²) in [7, 11) is -3.04. The van der Waals surface area contributed by atoms with Crippen LogP contribution in [0.15, 0.2) is 23.6 Å². The summed E-state index contributed by atoms with van der Waals surface area (Å²) in [6.45, 7) is 1.09. The third-order valence-electron chi connectivity index (χ3n) is 4.72. The Labute approximate surface area is 159 Å². The second kappa shape index (κ2) is 5.80. The van der Waals surface area contributed by atoms with Crippen LogP contribution in [0, 0.1) is 0 Å². The zero-order valence-electron chi connectivity index (χ0n) is 13.5. The van der Waals surface area contributed by atoms with Gasteiger partial charge in [0.2, 0.25) is 0 Å². The van der Waals surface area contributed by atoms with Gasteiger partial charge >= 0.3 is 0 Å². The molecule has 2 fully saturated rings. The second-order valence-corrected chi connectivity index (χ2v) is 9.82. The number of aromatic nitrogens is 1. The van der Waals surface area contributed by atoms with Gasteiger partial charge in [0.05, 0.1) is 29.3 Å². The average Bonchev–Trinajstić information content (AvgIpc) is 3.26. The molecule has 3 aliphatic rings. The summed E-state index contributed by atoms with van der Waals surface area (Å²) in [5, 5.41) is 6.31. The quantitative estimate of drug-likeness (QED) is 0.747. The van der Waals surface area contributed by atoms with Gasteiger partial charge in [-0.2, -0.15) is 0 Å². The van der Waals surface area contributed by atoms with Crippen molar-refractivity contribution in [2.75, 3.05) is 29.6 Å². The highest BCUT2D eigenvalue weighted by molar-refractivity contribution is 7.91. The van der Waals surface area contributed by atoms with Gasteiger partial charge in [0.15, 0.2) is 31.6 Å². The molecule has 7 nitrogen and oxygen atoms in total. The van der Waals surface area contributed by atoms with E-state index in [0.29, 0.717) is 29.2 Å². The Morgan fingerprint density at radius 1 is 1.23 bits per heavy atom. The van der Waals surface area contributed by atoms with Crippen molar-refractivity contribution >= 4 is 43.6 Å². The van der Waals surface area contributed by atoms with Crippen molar-refractivity contribution in [1.29, 1.82) is 0 Å². The summed E-state index contributed by atoms with van der Waals surface area (Å²) in [6.07, 6.45) is 0. The fraction of sp³-hybridized carbons (Fsp3) is 0.375. The highest BCUT2D eigenvalue weighted by atomic mass is 32.2. The number of rotatable bonds is 2. The van der Waals surface area contributed by atoms with Crippen LogP contribution < -0.4 is 19.7 Å². The Kier molecular flexibility index (Phi) is 3.63. The van der Waals surface area contributed by atoms with E-state index in [9.17, 15) is 8.42 Å². The van der Waals surface area contributed by atoms with Gasteiger partial charge in [0, 0.05) is 10.9 Å². The molecule has 10 heteroatoms. The number of fused-ring (bicyclic) bond motifs is 2. The molecule has 0 aliphatic carbocycles. The molecule has 5 rings (SSSR count). The Morgan fingerprint density at radius 3 is 2.88 bits per heavy atom. The van der Waals surface area contributed by atoms with Gasteiger partial charge in [0.25, 0.3) is 0 Å². The summed E-state index contributed by atoms with van der Waals surface area (Å²) in [5.41, 5.74) is 1.72. The lowest BCUT2D eigenvalue weighted by molar-refractivity contribution is 0.171. The van der Waals surface area contributed by atoms with Crippen LogP contribution in [0.1, 0.15) is 0 Å². The molecule has 26 heavy (non-hydrogen) atoms. The van der Waals surface area contributed by atoms with Crippen molar-refractivity contribution in [3.8, 4) is 22.8 Å². The van der Waals surface area contributed by atoms with Crippen molar-refractivity contribution < 1.29 is 17.9 Å². The first-order valence-corrected chi connectivity index (χ1v) is 11.3. The first kappa shape index (κ1) is 16.3. The number of nitrogens with zero attached hydrogens (tertiary/aromatic N) is 2. The lowest BCUT2D eigenvalue weighted by atomic mass is 10.1. The van der Waals surface area contributed by atoms with Gasteiger partial charge in [-0.25, -0.2) is 13.4 Å². The van der Waals surface area contributed by atoms with Crippen LogP contribution in [-0.2, 0) is 9.84 Å². The van der Waals surface area contributed by atoms with Crippen molar-refractivity contribution in [2.45, 2.75) is 12.1 Å². The molecule has 2 aromatic rings. The first-order chi connectivity index (χ1) is 12.5. The van der Waals surface area contributed by atoms with E-state index in [1.165, 1.54) is 11.3 Å². The van der Waals surface area contributed by atoms with E-state index < -0.39 is 9.84 Å². The number of hydrogen-bond donors (Lipinski definition) is 1. The minimum atomic E-state index is -3.04. The molecule has 136 valence electrons. The Bertz CT molecular complexity index is 1000. The highest BCUT2D eigenvalue weighted by Gasteiger charge is 2.48. The van der Waals surface area contributed by atoms with Gasteiger partial charge in [-0.15, -0.1) is 11.3 Å². The number of nitrogens with one attached hydrogen (secondary N) is 1. The predicted molar refractivity (Wildman–Crippen MR) is 103 cm³/mol. The molecular weight excluding hydrogens is 394 g/mol. The number of thiocarbonyl (C=S) groups is 1. The molecule has 1 aromatic carbocycles. The minimum absolute atomic E-state index is 0.101. The molecule has 0 unspecified atom stereocenters. The van der Waals surface area contributed by atoms with Gasteiger partial charge in [-0.1, -0.05) is 0 Å². The monoisotopic (exact) mass is 409 g/mol. The zero-order valence-corrected chi connectivity index (χ0v) is 16.0. The van der Waals surface area contributed by atoms with Crippen molar-refractivity contribution in [2.24, 2.45) is 0 Å². The standard InChI is InChI=1S/C16H15N3O4S3/c20-26(21)7-11-12(8-26)19(15(24)17-11)16-18-10(6-25-16)9-1-2-13-14(5-9)23-4-3-22-13/h1-2,5-6,11-12H,3-4,7-8H2,(H,17,24)/t11-,12-/m0/s1. The molecule has 0 spiro atoms. The second-order valence-electron chi connectivity index (χ2n) is 6.44. The molecule has 2 saturated heterocycles. The third-order valence-corrected chi connectivity index (χ3v) is 7.59. The SMILES string of the molecule is O=S1(=O)C[C@@H]2NC(=S)N(c3nc(-c4ccc5c(c4)OCCO5)cs3)[C@H]2C1. The predicted octanol–water partition coefficient (Wildman–Crippen LogP) is 1.44. The summed E-state index contributed by atoms with van der Waals surface area (Å²) in [4.78, 5) is 6.54. The molecule has 2 atom stereocenters. The fourth-order valence-electron chi connectivity index (χ4n) is 3.54. The van der Waals surface area contributed by atoms with Crippen LogP contribution in [0.25, 0.3) is 11.3 Å². The Hall–Kier alpha value is -1.91. The minimum Gasteiger partial charge on any atom is -0.486 e. The number of ether oxygens (including phenoxy) is 2. The molecule has 0 radical (unpaired) electrons. The summed E-state index contributed by atoms with van der Waals surface area (Å²) in [5.74, 6) is 1.67. The normalized spacial score (nSPS) is 25.8.